The van der Waals surface area contributed by atoms with E-state index in [1.54, 1.807) is 13.3 Å². The van der Waals surface area contributed by atoms with E-state index < -0.39 is 12.1 Å². The predicted molar refractivity (Wildman–Crippen MR) is 133 cm³/mol. The van der Waals surface area contributed by atoms with E-state index in [4.69, 9.17) is 4.74 Å². The number of aryl methyl sites for hydroxylation is 1. The fourth-order valence-electron chi connectivity index (χ4n) is 5.25. The molecule has 3 aromatic rings. The van der Waals surface area contributed by atoms with Gasteiger partial charge in [-0.05, 0) is 92.4 Å². The van der Waals surface area contributed by atoms with E-state index in [1.807, 2.05) is 36.7 Å². The van der Waals surface area contributed by atoms with Crippen LogP contribution in [-0.2, 0) is 11.2 Å². The van der Waals surface area contributed by atoms with Crippen molar-refractivity contribution in [3.63, 3.8) is 0 Å². The summed E-state index contributed by atoms with van der Waals surface area (Å²) in [5.41, 5.74) is 2.78. The van der Waals surface area contributed by atoms with Crippen molar-refractivity contribution in [2.75, 3.05) is 26.7 Å². The lowest BCUT2D eigenvalue weighted by Crippen LogP contribution is -2.42. The van der Waals surface area contributed by atoms with Gasteiger partial charge < -0.3 is 19.8 Å². The molecule has 0 unspecified atom stereocenters. The predicted octanol–water partition coefficient (Wildman–Crippen LogP) is 3.89. The van der Waals surface area contributed by atoms with Gasteiger partial charge in [-0.15, -0.1) is 0 Å². The SMILES string of the molecule is COc1ccc2nccc([C@H](O)CC[C@@H]3CCN(CCCc4cncnc4)C[C@@H]3CC(=O)O)c2c1. The third-order valence-corrected chi connectivity index (χ3v) is 7.12. The van der Waals surface area contributed by atoms with Crippen LogP contribution in [0.5, 0.6) is 5.75 Å². The van der Waals surface area contributed by atoms with Crippen LogP contribution >= 0.6 is 0 Å². The number of fused-ring (bicyclic) bond motifs is 1. The van der Waals surface area contributed by atoms with E-state index in [0.29, 0.717) is 6.42 Å². The zero-order chi connectivity index (χ0) is 24.6. The molecule has 1 saturated heterocycles. The molecule has 1 aromatic carbocycles. The monoisotopic (exact) mass is 478 g/mol. The number of piperidine rings is 1. The highest BCUT2D eigenvalue weighted by molar-refractivity contribution is 5.83. The molecule has 1 fully saturated rings. The molecule has 186 valence electrons. The Morgan fingerprint density at radius 3 is 2.83 bits per heavy atom. The second kappa shape index (κ2) is 12.0. The zero-order valence-corrected chi connectivity index (χ0v) is 20.2. The number of aromatic nitrogens is 3. The van der Waals surface area contributed by atoms with Crippen molar-refractivity contribution < 1.29 is 19.7 Å². The Balaban J connectivity index is 1.35. The molecule has 2 N–H and O–H groups in total. The Morgan fingerprint density at radius 1 is 1.23 bits per heavy atom. The molecule has 4 rings (SSSR count). The summed E-state index contributed by atoms with van der Waals surface area (Å²) >= 11 is 0. The summed E-state index contributed by atoms with van der Waals surface area (Å²) in [6, 6.07) is 7.53. The van der Waals surface area contributed by atoms with Gasteiger partial charge in [-0.2, -0.15) is 0 Å². The molecule has 2 aromatic heterocycles. The molecule has 0 amide bonds. The average Bonchev–Trinajstić information content (AvgIpc) is 2.87. The Morgan fingerprint density at radius 2 is 2.06 bits per heavy atom. The molecule has 1 aliphatic heterocycles. The van der Waals surface area contributed by atoms with E-state index in [2.05, 4.69) is 19.9 Å². The molecule has 35 heavy (non-hydrogen) atoms. The highest BCUT2D eigenvalue weighted by atomic mass is 16.5. The highest BCUT2D eigenvalue weighted by Crippen LogP contribution is 2.34. The number of pyridine rings is 1. The van der Waals surface area contributed by atoms with Gasteiger partial charge in [-0.25, -0.2) is 9.97 Å². The zero-order valence-electron chi connectivity index (χ0n) is 20.2. The normalized spacial score (nSPS) is 19.5. The topological polar surface area (TPSA) is 109 Å². The minimum absolute atomic E-state index is 0.0859. The number of ether oxygens (including phenoxy) is 1. The van der Waals surface area contributed by atoms with E-state index >= 15 is 0 Å². The van der Waals surface area contributed by atoms with E-state index in [-0.39, 0.29) is 18.3 Å². The third kappa shape index (κ3) is 6.74. The van der Waals surface area contributed by atoms with Crippen molar-refractivity contribution in [2.24, 2.45) is 11.8 Å². The summed E-state index contributed by atoms with van der Waals surface area (Å²) in [5.74, 6) is 0.341. The fourth-order valence-corrected chi connectivity index (χ4v) is 5.25. The maximum Gasteiger partial charge on any atom is 0.303 e. The van der Waals surface area contributed by atoms with Crippen molar-refractivity contribution in [1.29, 1.82) is 0 Å². The van der Waals surface area contributed by atoms with Crippen LogP contribution in [0.3, 0.4) is 0 Å². The number of nitrogens with zero attached hydrogens (tertiary/aromatic N) is 4. The lowest BCUT2D eigenvalue weighted by molar-refractivity contribution is -0.139. The minimum Gasteiger partial charge on any atom is -0.497 e. The van der Waals surface area contributed by atoms with Crippen LogP contribution in [-0.4, -0.2) is 62.8 Å². The van der Waals surface area contributed by atoms with E-state index in [0.717, 1.165) is 73.1 Å². The molecule has 0 bridgehead atoms. The number of aliphatic hydroxyl groups is 1. The molecule has 0 aliphatic carbocycles. The van der Waals surface area contributed by atoms with Crippen LogP contribution < -0.4 is 4.74 Å². The molecule has 3 heterocycles. The van der Waals surface area contributed by atoms with Gasteiger partial charge in [0, 0.05) is 36.9 Å². The second-order valence-corrected chi connectivity index (χ2v) is 9.43. The van der Waals surface area contributed by atoms with Crippen molar-refractivity contribution >= 4 is 16.9 Å². The van der Waals surface area contributed by atoms with E-state index in [1.165, 1.54) is 6.33 Å². The average molecular weight is 479 g/mol. The van der Waals surface area contributed by atoms with Crippen LogP contribution in [0.15, 0.2) is 49.2 Å². The number of carboxylic acid groups (broad SMARTS) is 1. The number of hydrogen-bond acceptors (Lipinski definition) is 7. The molecular weight excluding hydrogens is 444 g/mol. The summed E-state index contributed by atoms with van der Waals surface area (Å²) in [5, 5.41) is 21.5. The second-order valence-electron chi connectivity index (χ2n) is 9.43. The van der Waals surface area contributed by atoms with E-state index in [9.17, 15) is 15.0 Å². The number of carboxylic acids is 1. The van der Waals surface area contributed by atoms with Crippen molar-refractivity contribution in [1.82, 2.24) is 19.9 Å². The van der Waals surface area contributed by atoms with Gasteiger partial charge in [0.15, 0.2) is 0 Å². The number of hydrogen-bond donors (Lipinski definition) is 2. The quantitative estimate of drug-likeness (QED) is 0.427. The largest absolute Gasteiger partial charge is 0.497 e. The van der Waals surface area contributed by atoms with Gasteiger partial charge in [0.1, 0.15) is 12.1 Å². The minimum atomic E-state index is -0.754. The van der Waals surface area contributed by atoms with Crippen LogP contribution in [0, 0.1) is 11.8 Å². The van der Waals surface area contributed by atoms with Gasteiger partial charge in [-0.3, -0.25) is 9.78 Å². The molecule has 8 heteroatoms. The number of aliphatic hydroxyl groups excluding tert-OH is 1. The first-order valence-electron chi connectivity index (χ1n) is 12.3. The molecule has 3 atom stereocenters. The number of likely N-dealkylation sites (tertiary alicyclic amines) is 1. The first kappa shape index (κ1) is 25.0. The van der Waals surface area contributed by atoms with Crippen molar-refractivity contribution in [3.05, 3.63) is 60.3 Å². The van der Waals surface area contributed by atoms with Gasteiger partial charge in [0.2, 0.25) is 0 Å². The molecule has 0 saturated carbocycles. The maximum atomic E-state index is 11.6. The number of aliphatic carboxylic acids is 1. The molecule has 0 spiro atoms. The first-order chi connectivity index (χ1) is 17.0. The van der Waals surface area contributed by atoms with Gasteiger partial charge in [0.05, 0.1) is 18.7 Å². The first-order valence-corrected chi connectivity index (χ1v) is 12.3. The Kier molecular flexibility index (Phi) is 8.60. The molecule has 8 nitrogen and oxygen atoms in total. The Labute approximate surface area is 206 Å². The summed E-state index contributed by atoms with van der Waals surface area (Å²) in [7, 11) is 1.62. The van der Waals surface area contributed by atoms with Gasteiger partial charge >= 0.3 is 5.97 Å². The number of carbonyl (C=O) groups is 1. The number of rotatable bonds is 11. The number of benzene rings is 1. The fraction of sp³-hybridized carbons (Fsp3) is 0.481. The van der Waals surface area contributed by atoms with Crippen molar-refractivity contribution in [3.8, 4) is 5.75 Å². The van der Waals surface area contributed by atoms with Crippen molar-refractivity contribution in [2.45, 2.75) is 44.6 Å². The number of methoxy groups -OCH3 is 1. The summed E-state index contributed by atoms with van der Waals surface area (Å²) in [4.78, 5) is 26.5. The Bertz CT molecular complexity index is 1110. The lowest BCUT2D eigenvalue weighted by Gasteiger charge is -2.38. The summed E-state index contributed by atoms with van der Waals surface area (Å²) in [6.45, 7) is 2.68. The van der Waals surface area contributed by atoms with Crippen LogP contribution in [0.4, 0.5) is 0 Å². The van der Waals surface area contributed by atoms with Gasteiger partial charge in [0.25, 0.3) is 0 Å². The Hall–Kier alpha value is -3.10. The smallest absolute Gasteiger partial charge is 0.303 e. The summed E-state index contributed by atoms with van der Waals surface area (Å²) < 4.78 is 5.35. The molecular formula is C27H34N4O4. The third-order valence-electron chi connectivity index (χ3n) is 7.12. The summed E-state index contributed by atoms with van der Waals surface area (Å²) in [6.07, 6.45) is 10.7. The highest BCUT2D eigenvalue weighted by Gasteiger charge is 2.31. The van der Waals surface area contributed by atoms with Crippen LogP contribution in [0.25, 0.3) is 10.9 Å². The lowest BCUT2D eigenvalue weighted by atomic mass is 9.79. The van der Waals surface area contributed by atoms with Gasteiger partial charge in [-0.1, -0.05) is 0 Å². The molecule has 1 aliphatic rings. The van der Waals surface area contributed by atoms with Crippen LogP contribution in [0.1, 0.15) is 49.3 Å². The molecule has 0 radical (unpaired) electrons. The maximum absolute atomic E-state index is 11.6. The van der Waals surface area contributed by atoms with Crippen LogP contribution in [0.2, 0.25) is 0 Å². The standard InChI is InChI=1S/C27H34N4O4/c1-35-22-5-6-25-24(14-22)23(8-10-30-25)26(32)7-4-20-9-12-31(17-21(20)13-27(33)34)11-2-3-19-15-28-18-29-16-19/h5-6,8,10,14-16,18,20-21,26,32H,2-4,7,9,11-13,17H2,1H3,(H,33,34)/t20-,21+,26-/m1/s1.